The van der Waals surface area contributed by atoms with Crippen LogP contribution in [0.4, 0.5) is 0 Å². The summed E-state index contributed by atoms with van der Waals surface area (Å²) >= 11 is 0. The highest BCUT2D eigenvalue weighted by molar-refractivity contribution is 5.14. The summed E-state index contributed by atoms with van der Waals surface area (Å²) in [4.78, 5) is 13.3. The first-order valence-corrected chi connectivity index (χ1v) is 2.95. The average Bonchev–Trinajstić information content (AvgIpc) is 2.45. The molecule has 0 aliphatic heterocycles. The van der Waals surface area contributed by atoms with Crippen molar-refractivity contribution in [3.8, 4) is 0 Å². The van der Waals surface area contributed by atoms with Gasteiger partial charge in [0, 0.05) is 18.6 Å². The molecule has 52 valence electrons. The van der Waals surface area contributed by atoms with Gasteiger partial charge in [0.1, 0.15) is 0 Å². The quantitative estimate of drug-likeness (QED) is 0.625. The molecule has 1 saturated carbocycles. The summed E-state index contributed by atoms with van der Waals surface area (Å²) in [5.74, 6) is -2.01. The smallest absolute Gasteiger partial charge is 0.248 e. The van der Waals surface area contributed by atoms with Crippen molar-refractivity contribution in [3.63, 3.8) is 0 Å². The van der Waals surface area contributed by atoms with Gasteiger partial charge in [-0.3, -0.25) is 4.79 Å². The summed E-state index contributed by atoms with van der Waals surface area (Å²) in [6, 6.07) is 3.98. The minimum Gasteiger partial charge on any atom is -0.326 e. The number of H-pyrrole nitrogens is 1. The molecule has 1 aliphatic carbocycles. The Balaban J connectivity index is 2.55. The first-order valence-electron chi connectivity index (χ1n) is 5.45. The third-order valence-corrected chi connectivity index (χ3v) is 1.29. The summed E-state index contributed by atoms with van der Waals surface area (Å²) < 4.78 is 37.3. The molecule has 0 aromatic carbocycles. The molecule has 0 bridgehead atoms. The minimum atomic E-state index is -2.27. The number of aromatic amines is 1. The van der Waals surface area contributed by atoms with Crippen molar-refractivity contribution in [3.05, 3.63) is 34.2 Å². The van der Waals surface area contributed by atoms with E-state index in [1.807, 2.05) is 0 Å². The molecule has 1 aliphatic rings. The maximum absolute atomic E-state index is 11.0. The first-order chi connectivity index (χ1) is 6.75. The molecule has 0 saturated heterocycles. The van der Waals surface area contributed by atoms with Crippen molar-refractivity contribution >= 4 is 0 Å². The van der Waals surface area contributed by atoms with Crippen LogP contribution in [0.25, 0.3) is 0 Å². The van der Waals surface area contributed by atoms with E-state index < -0.39 is 24.2 Å². The van der Waals surface area contributed by atoms with Gasteiger partial charge < -0.3 is 4.98 Å². The fourth-order valence-corrected chi connectivity index (χ4v) is 0.760. The van der Waals surface area contributed by atoms with Crippen molar-refractivity contribution in [2.45, 2.75) is 18.6 Å². The molecule has 1 heterocycles. The van der Waals surface area contributed by atoms with Crippen molar-refractivity contribution < 1.29 is 6.85 Å². The number of aromatic nitrogens is 1. The molecule has 0 unspecified atom stereocenters. The Bertz CT molecular complexity index is 452. The minimum absolute atomic E-state index is 0.0231. The van der Waals surface area contributed by atoms with Crippen LogP contribution in [0.3, 0.4) is 0 Å². The Hall–Kier alpha value is -1.05. The topological polar surface area (TPSA) is 32.9 Å². The Labute approximate surface area is 65.9 Å². The fraction of sp³-hybridized carbons (Fsp3) is 0.375. The Morgan fingerprint density at radius 2 is 2.50 bits per heavy atom. The van der Waals surface area contributed by atoms with Gasteiger partial charge in [-0.1, -0.05) is 6.07 Å². The fourth-order valence-electron chi connectivity index (χ4n) is 0.760. The van der Waals surface area contributed by atoms with Crippen LogP contribution in [-0.2, 0) is 0 Å². The third kappa shape index (κ3) is 0.967. The number of rotatable bonds is 1. The number of hydrogen-bond donors (Lipinski definition) is 1. The van der Waals surface area contributed by atoms with Crippen LogP contribution in [0.1, 0.15) is 31.2 Å². The summed E-state index contributed by atoms with van der Waals surface area (Å²) in [5.41, 5.74) is -0.484. The van der Waals surface area contributed by atoms with E-state index in [1.54, 1.807) is 0 Å². The molecule has 1 aromatic heterocycles. The van der Waals surface area contributed by atoms with Gasteiger partial charge in [-0.15, -0.1) is 0 Å². The van der Waals surface area contributed by atoms with E-state index in [4.69, 9.17) is 6.85 Å². The summed E-state index contributed by atoms with van der Waals surface area (Å²) in [7, 11) is 0. The lowest BCUT2D eigenvalue weighted by Crippen LogP contribution is -2.04. The Morgan fingerprint density at radius 1 is 1.70 bits per heavy atom. The average molecular weight is 140 g/mol. The van der Waals surface area contributed by atoms with Crippen molar-refractivity contribution in [1.29, 1.82) is 0 Å². The standard InChI is InChI=1S/C8H9NO/c10-8-3-1-2-7(9-8)6-4-5-6/h1-3,6H,4-5H2,(H,9,10)/i4D2,5D2,6D. The van der Waals surface area contributed by atoms with Gasteiger partial charge in [-0.05, 0) is 24.7 Å². The van der Waals surface area contributed by atoms with Crippen LogP contribution >= 0.6 is 0 Å². The van der Waals surface area contributed by atoms with Gasteiger partial charge in [0.05, 0.1) is 0 Å². The molecule has 0 amide bonds. The van der Waals surface area contributed by atoms with Crippen molar-refractivity contribution in [2.24, 2.45) is 0 Å². The zero-order valence-electron chi connectivity index (χ0n) is 10.1. The summed E-state index contributed by atoms with van der Waals surface area (Å²) in [5, 5.41) is 0. The second-order valence-electron chi connectivity index (χ2n) is 2.05. The zero-order chi connectivity index (χ0) is 11.5. The predicted molar refractivity (Wildman–Crippen MR) is 39.0 cm³/mol. The molecule has 1 N–H and O–H groups in total. The van der Waals surface area contributed by atoms with Gasteiger partial charge in [-0.2, -0.15) is 0 Å². The van der Waals surface area contributed by atoms with Crippen LogP contribution in [-0.4, -0.2) is 4.98 Å². The van der Waals surface area contributed by atoms with Crippen LogP contribution in [0.2, 0.25) is 0 Å². The van der Waals surface area contributed by atoms with E-state index in [0.29, 0.717) is 0 Å². The lowest BCUT2D eigenvalue weighted by molar-refractivity contribution is 1.000. The van der Waals surface area contributed by atoms with Crippen LogP contribution in [0.15, 0.2) is 23.0 Å². The highest BCUT2D eigenvalue weighted by atomic mass is 16.1. The van der Waals surface area contributed by atoms with E-state index in [9.17, 15) is 4.79 Å². The molecule has 0 radical (unpaired) electrons. The van der Waals surface area contributed by atoms with Gasteiger partial charge in [0.25, 0.3) is 0 Å². The van der Waals surface area contributed by atoms with Gasteiger partial charge in [-0.25, -0.2) is 0 Å². The highest BCUT2D eigenvalue weighted by Gasteiger charge is 2.23. The molecular formula is C8H9NO. The Morgan fingerprint density at radius 3 is 3.10 bits per heavy atom. The number of hydrogen-bond acceptors (Lipinski definition) is 1. The second kappa shape index (κ2) is 1.97. The van der Waals surface area contributed by atoms with Gasteiger partial charge in [0.2, 0.25) is 5.56 Å². The Kier molecular flexibility index (Phi) is 0.499. The molecular weight excluding hydrogens is 126 g/mol. The van der Waals surface area contributed by atoms with Crippen LogP contribution in [0, 0.1) is 0 Å². The molecule has 10 heavy (non-hydrogen) atoms. The third-order valence-electron chi connectivity index (χ3n) is 1.29. The maximum atomic E-state index is 11.0. The molecule has 2 heteroatoms. The van der Waals surface area contributed by atoms with E-state index >= 15 is 0 Å². The van der Waals surface area contributed by atoms with E-state index in [2.05, 4.69) is 4.98 Å². The SMILES string of the molecule is [2H]C1([2H])C([2H])([2H])C1([2H])c1cccc(=O)[nH]1. The largest absolute Gasteiger partial charge is 0.326 e. The second-order valence-corrected chi connectivity index (χ2v) is 2.05. The van der Waals surface area contributed by atoms with E-state index in [1.165, 1.54) is 18.2 Å². The van der Waals surface area contributed by atoms with Gasteiger partial charge in [0.15, 0.2) is 0 Å². The zero-order valence-corrected chi connectivity index (χ0v) is 5.14. The summed E-state index contributed by atoms with van der Waals surface area (Å²) in [6.07, 6.45) is -4.55. The predicted octanol–water partition coefficient (Wildman–Crippen LogP) is 1.25. The molecule has 1 aromatic rings. The number of pyridine rings is 1. The maximum Gasteiger partial charge on any atom is 0.248 e. The van der Waals surface area contributed by atoms with Crippen LogP contribution in [0.5, 0.6) is 0 Å². The van der Waals surface area contributed by atoms with Gasteiger partial charge >= 0.3 is 0 Å². The lowest BCUT2D eigenvalue weighted by Gasteiger charge is -1.93. The summed E-state index contributed by atoms with van der Waals surface area (Å²) in [6.45, 7) is 0. The van der Waals surface area contributed by atoms with Crippen molar-refractivity contribution in [1.82, 2.24) is 4.98 Å². The molecule has 1 fully saturated rings. The molecule has 2 nitrogen and oxygen atoms in total. The van der Waals surface area contributed by atoms with Crippen molar-refractivity contribution in [2.75, 3.05) is 0 Å². The highest BCUT2D eigenvalue weighted by Crippen LogP contribution is 2.38. The molecule has 2 rings (SSSR count). The van der Waals surface area contributed by atoms with E-state index in [-0.39, 0.29) is 5.69 Å². The normalized spacial score (nSPS) is 37.8. The monoisotopic (exact) mass is 140 g/mol. The van der Waals surface area contributed by atoms with Crippen LogP contribution < -0.4 is 5.56 Å². The lowest BCUT2D eigenvalue weighted by atomic mass is 10.2. The molecule has 0 atom stereocenters. The first kappa shape index (κ1) is 2.53. The number of nitrogens with one attached hydrogen (secondary N) is 1. The van der Waals surface area contributed by atoms with E-state index in [0.717, 1.165) is 0 Å². The molecule has 0 spiro atoms.